The second-order valence-electron chi connectivity index (χ2n) is 7.31. The van der Waals surface area contributed by atoms with Gasteiger partial charge in [-0.25, -0.2) is 0 Å². The van der Waals surface area contributed by atoms with E-state index in [1.165, 1.54) is 59.3 Å². The Labute approximate surface area is 151 Å². The molecule has 1 nitrogen and oxygen atoms in total. The molecule has 0 saturated heterocycles. The smallest absolute Gasteiger partial charge is 0.194 e. The van der Waals surface area contributed by atoms with E-state index < -0.39 is 0 Å². The Bertz CT molecular complexity index is 937. The minimum atomic E-state index is 1.23. The maximum Gasteiger partial charge on any atom is 0.213 e. The monoisotopic (exact) mass is 328 g/mol. The number of aromatic nitrogens is 1. The number of nitrogens with zero attached hydrogens (tertiary/aromatic N) is 1. The van der Waals surface area contributed by atoms with Gasteiger partial charge in [-0.2, -0.15) is 4.57 Å². The fraction of sp³-hybridized carbons (Fsp3) is 0.292. The zero-order chi connectivity index (χ0) is 17.4. The van der Waals surface area contributed by atoms with E-state index in [9.17, 15) is 0 Å². The van der Waals surface area contributed by atoms with Crippen LogP contribution < -0.4 is 4.57 Å². The molecule has 0 atom stereocenters. The zero-order valence-electron chi connectivity index (χ0n) is 15.5. The van der Waals surface area contributed by atoms with Crippen molar-refractivity contribution in [1.82, 2.24) is 0 Å². The minimum absolute atomic E-state index is 1.23. The first-order chi connectivity index (χ1) is 12.1. The van der Waals surface area contributed by atoms with Crippen molar-refractivity contribution >= 4 is 0 Å². The van der Waals surface area contributed by atoms with Gasteiger partial charge in [0.1, 0.15) is 7.05 Å². The topological polar surface area (TPSA) is 3.88 Å². The molecule has 1 heteroatoms. The molecule has 1 heterocycles. The summed E-state index contributed by atoms with van der Waals surface area (Å²) in [6, 6.07) is 20.2. The minimum Gasteiger partial charge on any atom is -0.194 e. The first kappa shape index (κ1) is 16.1. The van der Waals surface area contributed by atoms with Gasteiger partial charge in [-0.3, -0.25) is 0 Å². The predicted molar refractivity (Wildman–Crippen MR) is 105 cm³/mol. The molecular formula is C24H26N+. The van der Waals surface area contributed by atoms with Crippen LogP contribution in [0.15, 0.2) is 54.6 Å². The van der Waals surface area contributed by atoms with E-state index in [1.807, 2.05) is 0 Å². The highest BCUT2D eigenvalue weighted by molar-refractivity contribution is 5.67. The average molecular weight is 328 g/mol. The molecule has 0 amide bonds. The summed E-state index contributed by atoms with van der Waals surface area (Å²) in [5, 5.41) is 0. The third-order valence-corrected chi connectivity index (χ3v) is 5.62. The van der Waals surface area contributed by atoms with Crippen molar-refractivity contribution in [2.24, 2.45) is 7.05 Å². The lowest BCUT2D eigenvalue weighted by Crippen LogP contribution is -2.34. The largest absolute Gasteiger partial charge is 0.213 e. The third kappa shape index (κ3) is 2.89. The number of hydrogen-bond donors (Lipinski definition) is 0. The van der Waals surface area contributed by atoms with Crippen LogP contribution in [0.2, 0.25) is 0 Å². The standard InChI is InChI=1S/C24H26N/c1-17-9-4-7-12-21(17)23-13-8-14-24(25(23)3)22-16-20-11-6-5-10-19(20)15-18(22)2/h4,7-9,12-16H,5-6,10-11H2,1-3H3/q+1. The van der Waals surface area contributed by atoms with Gasteiger partial charge in [-0.1, -0.05) is 24.3 Å². The van der Waals surface area contributed by atoms with E-state index in [-0.39, 0.29) is 0 Å². The van der Waals surface area contributed by atoms with Crippen LogP contribution in [0.5, 0.6) is 0 Å². The fourth-order valence-corrected chi connectivity index (χ4v) is 4.17. The first-order valence-corrected chi connectivity index (χ1v) is 9.33. The summed E-state index contributed by atoms with van der Waals surface area (Å²) in [5.41, 5.74) is 11.1. The number of fused-ring (bicyclic) bond motifs is 1. The van der Waals surface area contributed by atoms with Gasteiger partial charge in [-0.15, -0.1) is 0 Å². The number of hydrogen-bond acceptors (Lipinski definition) is 0. The van der Waals surface area contributed by atoms with Gasteiger partial charge in [-0.05, 0) is 80.0 Å². The van der Waals surface area contributed by atoms with Crippen LogP contribution in [0.4, 0.5) is 0 Å². The molecule has 0 fully saturated rings. The number of aryl methyl sites for hydroxylation is 4. The molecule has 0 aliphatic heterocycles. The highest BCUT2D eigenvalue weighted by atomic mass is 14.9. The molecule has 0 unspecified atom stereocenters. The molecule has 1 aromatic heterocycles. The van der Waals surface area contributed by atoms with Crippen molar-refractivity contribution in [1.29, 1.82) is 0 Å². The van der Waals surface area contributed by atoms with Crippen LogP contribution in [0, 0.1) is 13.8 Å². The highest BCUT2D eigenvalue weighted by Crippen LogP contribution is 2.30. The van der Waals surface area contributed by atoms with E-state index in [1.54, 1.807) is 11.1 Å². The second kappa shape index (κ2) is 6.48. The summed E-state index contributed by atoms with van der Waals surface area (Å²) in [5.74, 6) is 0. The number of benzene rings is 2. The molecule has 1 aliphatic rings. The Hall–Kier alpha value is -2.41. The molecule has 2 aromatic carbocycles. The molecule has 126 valence electrons. The summed E-state index contributed by atoms with van der Waals surface area (Å²) in [6.45, 7) is 4.44. The van der Waals surface area contributed by atoms with Gasteiger partial charge in [0.15, 0.2) is 0 Å². The van der Waals surface area contributed by atoms with Crippen LogP contribution in [-0.2, 0) is 19.9 Å². The van der Waals surface area contributed by atoms with E-state index in [0.717, 1.165) is 0 Å². The zero-order valence-corrected chi connectivity index (χ0v) is 15.5. The SMILES string of the molecule is Cc1ccccc1-c1cccc(-c2cc3c(cc2C)CCCC3)[n+]1C. The molecule has 4 rings (SSSR count). The Morgan fingerprint density at radius 2 is 1.32 bits per heavy atom. The van der Waals surface area contributed by atoms with Crippen molar-refractivity contribution in [2.75, 3.05) is 0 Å². The van der Waals surface area contributed by atoms with Gasteiger partial charge in [0.25, 0.3) is 0 Å². The molecule has 0 radical (unpaired) electrons. The molecule has 1 aliphatic carbocycles. The van der Waals surface area contributed by atoms with Gasteiger partial charge in [0.2, 0.25) is 11.4 Å². The van der Waals surface area contributed by atoms with Crippen molar-refractivity contribution in [2.45, 2.75) is 39.5 Å². The lowest BCUT2D eigenvalue weighted by Gasteiger charge is -2.18. The van der Waals surface area contributed by atoms with Gasteiger partial charge >= 0.3 is 0 Å². The van der Waals surface area contributed by atoms with Crippen molar-refractivity contribution in [3.05, 3.63) is 76.9 Å². The molecule has 0 N–H and O–H groups in total. The predicted octanol–water partition coefficient (Wildman–Crippen LogP) is 5.34. The van der Waals surface area contributed by atoms with Crippen molar-refractivity contribution in [3.63, 3.8) is 0 Å². The lowest BCUT2D eigenvalue weighted by atomic mass is 9.87. The van der Waals surface area contributed by atoms with Gasteiger partial charge < -0.3 is 0 Å². The molecule has 0 bridgehead atoms. The van der Waals surface area contributed by atoms with Crippen LogP contribution >= 0.6 is 0 Å². The summed E-state index contributed by atoms with van der Waals surface area (Å²) >= 11 is 0. The van der Waals surface area contributed by atoms with Gasteiger partial charge in [0.05, 0.1) is 0 Å². The Kier molecular flexibility index (Phi) is 4.17. The van der Waals surface area contributed by atoms with E-state index in [0.29, 0.717) is 0 Å². The van der Waals surface area contributed by atoms with E-state index in [2.05, 4.69) is 80.1 Å². The first-order valence-electron chi connectivity index (χ1n) is 9.33. The molecule has 25 heavy (non-hydrogen) atoms. The number of rotatable bonds is 2. The van der Waals surface area contributed by atoms with Crippen LogP contribution in [0.1, 0.15) is 35.1 Å². The van der Waals surface area contributed by atoms with Crippen LogP contribution in [-0.4, -0.2) is 0 Å². The average Bonchev–Trinajstić information content (AvgIpc) is 2.62. The molecule has 0 saturated carbocycles. The summed E-state index contributed by atoms with van der Waals surface area (Å²) < 4.78 is 2.35. The van der Waals surface area contributed by atoms with Crippen molar-refractivity contribution in [3.8, 4) is 22.5 Å². The Morgan fingerprint density at radius 3 is 2.04 bits per heavy atom. The van der Waals surface area contributed by atoms with E-state index in [4.69, 9.17) is 0 Å². The highest BCUT2D eigenvalue weighted by Gasteiger charge is 2.20. The summed E-state index contributed by atoms with van der Waals surface area (Å²) in [4.78, 5) is 0. The summed E-state index contributed by atoms with van der Waals surface area (Å²) in [7, 11) is 2.19. The molecule has 0 spiro atoms. The van der Waals surface area contributed by atoms with Gasteiger partial charge in [0, 0.05) is 23.3 Å². The van der Waals surface area contributed by atoms with Crippen LogP contribution in [0.25, 0.3) is 22.5 Å². The summed E-state index contributed by atoms with van der Waals surface area (Å²) in [6.07, 6.45) is 5.13. The fourth-order valence-electron chi connectivity index (χ4n) is 4.17. The van der Waals surface area contributed by atoms with E-state index >= 15 is 0 Å². The normalized spacial score (nSPS) is 13.6. The third-order valence-electron chi connectivity index (χ3n) is 5.62. The number of pyridine rings is 1. The Balaban J connectivity index is 1.88. The maximum atomic E-state index is 2.45. The van der Waals surface area contributed by atoms with Crippen LogP contribution in [0.3, 0.4) is 0 Å². The van der Waals surface area contributed by atoms with Crippen molar-refractivity contribution < 1.29 is 4.57 Å². The quantitative estimate of drug-likeness (QED) is 0.559. The second-order valence-corrected chi connectivity index (χ2v) is 7.31. The Morgan fingerprint density at radius 1 is 0.680 bits per heavy atom. The maximum absolute atomic E-state index is 2.45. The lowest BCUT2D eigenvalue weighted by molar-refractivity contribution is -0.649. The molecular weight excluding hydrogens is 302 g/mol. The molecule has 3 aromatic rings.